The predicted molar refractivity (Wildman–Crippen MR) is 119 cm³/mol. The molecule has 1 fully saturated rings. The van der Waals surface area contributed by atoms with Crippen LogP contribution in [-0.2, 0) is 22.4 Å². The molecule has 5 heteroatoms. The number of piperidine rings is 1. The first-order valence-electron chi connectivity index (χ1n) is 9.75. The summed E-state index contributed by atoms with van der Waals surface area (Å²) in [5.41, 5.74) is 7.21. The highest BCUT2D eigenvalue weighted by molar-refractivity contribution is 7.13. The van der Waals surface area contributed by atoms with Crippen LogP contribution in [0.25, 0.3) is 11.6 Å². The third-order valence-corrected chi connectivity index (χ3v) is 6.40. The Balaban J connectivity index is 0.00000225. The molecule has 2 aromatic rings. The van der Waals surface area contributed by atoms with Crippen LogP contribution in [0, 0.1) is 0 Å². The lowest BCUT2D eigenvalue weighted by molar-refractivity contribution is -0.137. The van der Waals surface area contributed by atoms with E-state index in [0.29, 0.717) is 6.61 Å². The Morgan fingerprint density at radius 1 is 1.14 bits per heavy atom. The predicted octanol–water partition coefficient (Wildman–Crippen LogP) is 5.03. The Morgan fingerprint density at radius 2 is 1.93 bits per heavy atom. The topological polar surface area (TPSA) is 38.3 Å². The average Bonchev–Trinajstić information content (AvgIpc) is 3.03. The molecule has 0 saturated carbocycles. The molecule has 0 radical (unpaired) electrons. The highest BCUT2D eigenvalue weighted by Gasteiger charge is 2.23. The van der Waals surface area contributed by atoms with Gasteiger partial charge >= 0.3 is 5.97 Å². The van der Waals surface area contributed by atoms with E-state index in [9.17, 15) is 4.79 Å². The second-order valence-corrected chi connectivity index (χ2v) is 8.13. The zero-order valence-electron chi connectivity index (χ0n) is 16.1. The van der Waals surface area contributed by atoms with E-state index in [2.05, 4.69) is 35.6 Å². The highest BCUT2D eigenvalue weighted by atomic mass is 35.5. The van der Waals surface area contributed by atoms with Crippen LogP contribution in [0.5, 0.6) is 0 Å². The summed E-state index contributed by atoms with van der Waals surface area (Å²) < 4.78 is 5.01. The van der Waals surface area contributed by atoms with E-state index in [4.69, 9.17) is 4.74 Å². The smallest absolute Gasteiger partial charge is 0.330 e. The number of fused-ring (bicyclic) bond motifs is 2. The van der Waals surface area contributed by atoms with Crippen molar-refractivity contribution in [3.05, 3.63) is 68.4 Å². The van der Waals surface area contributed by atoms with Crippen molar-refractivity contribution in [3.8, 4) is 0 Å². The van der Waals surface area contributed by atoms with Gasteiger partial charge in [-0.3, -0.25) is 0 Å². The van der Waals surface area contributed by atoms with Gasteiger partial charge in [-0.1, -0.05) is 29.8 Å². The fourth-order valence-electron chi connectivity index (χ4n) is 4.00. The zero-order valence-corrected chi connectivity index (χ0v) is 17.8. The van der Waals surface area contributed by atoms with E-state index in [1.807, 2.05) is 13.0 Å². The lowest BCUT2D eigenvalue weighted by Crippen LogP contribution is -2.23. The maximum atomic E-state index is 11.7. The molecule has 1 N–H and O–H groups in total. The maximum Gasteiger partial charge on any atom is 0.330 e. The van der Waals surface area contributed by atoms with E-state index < -0.39 is 0 Å². The first kappa shape index (κ1) is 20.8. The number of nitrogens with one attached hydrogen (secondary N) is 1. The molecule has 1 aliphatic carbocycles. The third kappa shape index (κ3) is 4.40. The minimum absolute atomic E-state index is 0. The number of carbonyl (C=O) groups is 1. The van der Waals surface area contributed by atoms with Crippen molar-refractivity contribution in [1.29, 1.82) is 0 Å². The Morgan fingerprint density at radius 3 is 2.71 bits per heavy atom. The lowest BCUT2D eigenvalue weighted by atomic mass is 9.88. The highest BCUT2D eigenvalue weighted by Crippen LogP contribution is 2.41. The number of rotatable bonds is 3. The Hall–Kier alpha value is -1.88. The summed E-state index contributed by atoms with van der Waals surface area (Å²) in [4.78, 5) is 14.2. The van der Waals surface area contributed by atoms with E-state index in [1.165, 1.54) is 27.1 Å². The summed E-state index contributed by atoms with van der Waals surface area (Å²) in [6.07, 6.45) is 7.77. The van der Waals surface area contributed by atoms with Gasteiger partial charge in [-0.2, -0.15) is 0 Å². The van der Waals surface area contributed by atoms with Crippen LogP contribution in [0.4, 0.5) is 0 Å². The van der Waals surface area contributed by atoms with Crippen LogP contribution >= 0.6 is 23.7 Å². The monoisotopic (exact) mass is 415 g/mol. The molecule has 0 bridgehead atoms. The van der Waals surface area contributed by atoms with Crippen LogP contribution in [0.15, 0.2) is 42.0 Å². The Kier molecular flexibility index (Phi) is 7.11. The van der Waals surface area contributed by atoms with Crippen LogP contribution in [0.3, 0.4) is 0 Å². The summed E-state index contributed by atoms with van der Waals surface area (Å²) in [5, 5.41) is 3.47. The number of benzene rings is 1. The molecule has 0 amide bonds. The van der Waals surface area contributed by atoms with E-state index in [-0.39, 0.29) is 18.4 Å². The number of ether oxygens (including phenoxy) is 1. The van der Waals surface area contributed by atoms with Gasteiger partial charge < -0.3 is 10.1 Å². The van der Waals surface area contributed by atoms with Crippen molar-refractivity contribution in [2.24, 2.45) is 0 Å². The number of aryl methyl sites for hydroxylation is 2. The number of thiophene rings is 1. The van der Waals surface area contributed by atoms with Gasteiger partial charge in [0.15, 0.2) is 0 Å². The summed E-state index contributed by atoms with van der Waals surface area (Å²) in [5.74, 6) is -0.275. The van der Waals surface area contributed by atoms with Crippen molar-refractivity contribution >= 4 is 41.4 Å². The van der Waals surface area contributed by atoms with Crippen LogP contribution in [0.1, 0.15) is 46.2 Å². The molecule has 1 aliphatic heterocycles. The number of hydrogen-bond donors (Lipinski definition) is 1. The average molecular weight is 416 g/mol. The molecule has 0 unspecified atom stereocenters. The largest absolute Gasteiger partial charge is 0.463 e. The number of carbonyl (C=O) groups excluding carboxylic acids is 1. The molecule has 0 atom stereocenters. The molecule has 0 spiro atoms. The summed E-state index contributed by atoms with van der Waals surface area (Å²) in [6.45, 7) is 4.34. The molecular formula is C23H26ClNO2S. The second kappa shape index (κ2) is 9.55. The fourth-order valence-corrected chi connectivity index (χ4v) is 5.08. The minimum atomic E-state index is -0.275. The quantitative estimate of drug-likeness (QED) is 0.564. The maximum absolute atomic E-state index is 11.7. The minimum Gasteiger partial charge on any atom is -0.463 e. The Labute approximate surface area is 176 Å². The third-order valence-electron chi connectivity index (χ3n) is 5.24. The summed E-state index contributed by atoms with van der Waals surface area (Å²) in [6, 6.07) is 11.1. The van der Waals surface area contributed by atoms with Gasteiger partial charge in [0.25, 0.3) is 0 Å². The first-order chi connectivity index (χ1) is 13.3. The van der Waals surface area contributed by atoms with Gasteiger partial charge in [-0.25, -0.2) is 4.79 Å². The molecule has 2 aliphatic rings. The van der Waals surface area contributed by atoms with Gasteiger partial charge in [-0.15, -0.1) is 23.7 Å². The summed E-state index contributed by atoms with van der Waals surface area (Å²) >= 11 is 1.80. The molecule has 1 aromatic heterocycles. The molecule has 1 aromatic carbocycles. The van der Waals surface area contributed by atoms with Crippen LogP contribution < -0.4 is 5.32 Å². The van der Waals surface area contributed by atoms with Gasteiger partial charge in [0.05, 0.1) is 6.61 Å². The first-order valence-corrected chi connectivity index (χ1v) is 10.6. The van der Waals surface area contributed by atoms with Crippen molar-refractivity contribution in [2.75, 3.05) is 19.7 Å². The van der Waals surface area contributed by atoms with Crippen molar-refractivity contribution < 1.29 is 9.53 Å². The normalized spacial score (nSPS) is 16.2. The standard InChI is InChI=1S/C23H25NO2S.ClH/c1-2-26-22(25)10-8-18-15-20-21(27-18)9-7-16-5-3-4-6-19(16)23(20)17-11-13-24-14-12-17;/h3-6,8,10,15,24H,2,7,9,11-14H2,1H3;1H. The van der Waals surface area contributed by atoms with Gasteiger partial charge in [-0.05, 0) is 80.1 Å². The molecule has 4 rings (SSSR count). The van der Waals surface area contributed by atoms with E-state index >= 15 is 0 Å². The molecule has 148 valence electrons. The Bertz CT molecular complexity index is 905. The van der Waals surface area contributed by atoms with Crippen molar-refractivity contribution in [2.45, 2.75) is 32.6 Å². The van der Waals surface area contributed by atoms with Crippen molar-refractivity contribution in [1.82, 2.24) is 5.32 Å². The number of halogens is 1. The van der Waals surface area contributed by atoms with Gasteiger partial charge in [0.1, 0.15) is 0 Å². The van der Waals surface area contributed by atoms with E-state index in [1.54, 1.807) is 23.0 Å². The molecular weight excluding hydrogens is 390 g/mol. The van der Waals surface area contributed by atoms with Gasteiger partial charge in [0, 0.05) is 15.8 Å². The molecule has 28 heavy (non-hydrogen) atoms. The molecule has 2 heterocycles. The van der Waals surface area contributed by atoms with Gasteiger partial charge in [0.2, 0.25) is 0 Å². The number of hydrogen-bond acceptors (Lipinski definition) is 4. The summed E-state index contributed by atoms with van der Waals surface area (Å²) in [7, 11) is 0. The SMILES string of the molecule is CCOC(=O)C=Cc1cc2c(s1)CCc1ccccc1C2=C1CCNCC1.Cl. The second-order valence-electron chi connectivity index (χ2n) is 6.96. The zero-order chi connectivity index (χ0) is 18.6. The lowest BCUT2D eigenvalue weighted by Gasteiger charge is -2.21. The van der Waals surface area contributed by atoms with Crippen molar-refractivity contribution in [3.63, 3.8) is 0 Å². The molecule has 3 nitrogen and oxygen atoms in total. The van der Waals surface area contributed by atoms with E-state index in [0.717, 1.165) is 43.6 Å². The number of esters is 1. The van der Waals surface area contributed by atoms with Crippen LogP contribution in [0.2, 0.25) is 0 Å². The van der Waals surface area contributed by atoms with Crippen LogP contribution in [-0.4, -0.2) is 25.7 Å². The molecule has 1 saturated heterocycles. The fraction of sp³-hybridized carbons (Fsp3) is 0.348.